The molecule has 1 aliphatic carbocycles. The van der Waals surface area contributed by atoms with Gasteiger partial charge in [0, 0.05) is 17.9 Å². The average molecular weight is 583 g/mol. The van der Waals surface area contributed by atoms with Crippen molar-refractivity contribution in [3.05, 3.63) is 64.2 Å². The molecule has 2 N–H and O–H groups in total. The molecule has 0 aliphatic heterocycles. The number of alkyl halides is 3. The number of nitrogens with one attached hydrogen (secondary N) is 2. The van der Waals surface area contributed by atoms with Gasteiger partial charge in [0.15, 0.2) is 0 Å². The molecule has 39 heavy (non-hydrogen) atoms. The first kappa shape index (κ1) is 28.8. The van der Waals surface area contributed by atoms with Crippen molar-refractivity contribution < 1.29 is 31.1 Å². The zero-order valence-electron chi connectivity index (χ0n) is 21.6. The number of carbonyl (C=O) groups excluding carboxylic acids is 1. The van der Waals surface area contributed by atoms with E-state index in [2.05, 4.69) is 20.2 Å². The van der Waals surface area contributed by atoms with Crippen LogP contribution in [0, 0.1) is 0 Å². The number of carbonyl (C=O) groups is 1. The van der Waals surface area contributed by atoms with Gasteiger partial charge in [0.1, 0.15) is 10.8 Å². The molecule has 1 aromatic heterocycles. The monoisotopic (exact) mass is 582 g/mol. The summed E-state index contributed by atoms with van der Waals surface area (Å²) in [6.07, 6.45) is -2.28. The van der Waals surface area contributed by atoms with E-state index in [4.69, 9.17) is 4.74 Å². The number of nitrogens with zero attached hydrogens (tertiary/aromatic N) is 2. The number of halogens is 3. The zero-order valence-corrected chi connectivity index (χ0v) is 23.2. The number of ether oxygens (including phenoxy) is 1. The first-order valence-electron chi connectivity index (χ1n) is 12.5. The van der Waals surface area contributed by atoms with Crippen LogP contribution in [0.25, 0.3) is 0 Å². The predicted octanol–water partition coefficient (Wildman–Crippen LogP) is 5.95. The van der Waals surface area contributed by atoms with Crippen LogP contribution in [-0.4, -0.2) is 37.2 Å². The Morgan fingerprint density at radius 3 is 2.46 bits per heavy atom. The maximum absolute atomic E-state index is 13.1. The zero-order chi connectivity index (χ0) is 28.4. The van der Waals surface area contributed by atoms with Crippen LogP contribution in [0.4, 0.5) is 18.3 Å². The minimum Gasteiger partial charge on any atom is -0.493 e. The summed E-state index contributed by atoms with van der Waals surface area (Å²) in [7, 11) is -3.86. The van der Waals surface area contributed by atoms with Crippen molar-refractivity contribution >= 4 is 32.4 Å². The molecule has 1 saturated carbocycles. The predicted molar refractivity (Wildman–Crippen MR) is 142 cm³/mol. The molecule has 1 amide bonds. The molecular formula is C26H29F3N4O4S2. The van der Waals surface area contributed by atoms with Gasteiger partial charge in [-0.1, -0.05) is 43.7 Å². The highest BCUT2D eigenvalue weighted by Gasteiger charge is 2.34. The second-order valence-electron chi connectivity index (χ2n) is 9.53. The van der Waals surface area contributed by atoms with Gasteiger partial charge in [0.25, 0.3) is 15.9 Å². The largest absolute Gasteiger partial charge is 0.493 e. The van der Waals surface area contributed by atoms with Gasteiger partial charge in [-0.3, -0.25) is 9.52 Å². The Balaban J connectivity index is 1.48. The normalized spacial score (nSPS) is 17.8. The quantitative estimate of drug-likeness (QED) is 0.323. The van der Waals surface area contributed by atoms with Gasteiger partial charge in [0.05, 0.1) is 22.6 Å². The van der Waals surface area contributed by atoms with E-state index in [9.17, 15) is 26.4 Å². The number of anilines is 1. The third-order valence-electron chi connectivity index (χ3n) is 6.46. The summed E-state index contributed by atoms with van der Waals surface area (Å²) < 4.78 is 72.9. The Bertz CT molecular complexity index is 1420. The summed E-state index contributed by atoms with van der Waals surface area (Å²) in [5.74, 6) is -0.604. The molecule has 4 rings (SSSR count). The van der Waals surface area contributed by atoms with E-state index in [0.717, 1.165) is 41.6 Å². The molecule has 0 bridgehead atoms. The summed E-state index contributed by atoms with van der Waals surface area (Å²) in [5.41, 5.74) is -0.00946. The molecule has 0 saturated heterocycles. The van der Waals surface area contributed by atoms with Crippen LogP contribution in [-0.2, 0) is 16.2 Å². The summed E-state index contributed by atoms with van der Waals surface area (Å²) >= 11 is 1.18. The molecule has 3 aromatic rings. The third-order valence-corrected chi connectivity index (χ3v) is 9.08. The lowest BCUT2D eigenvalue weighted by Crippen LogP contribution is -2.36. The van der Waals surface area contributed by atoms with Crippen LogP contribution in [0.15, 0.2) is 47.4 Å². The summed E-state index contributed by atoms with van der Waals surface area (Å²) in [6.45, 7) is 5.62. The van der Waals surface area contributed by atoms with E-state index >= 15 is 0 Å². The van der Waals surface area contributed by atoms with Gasteiger partial charge in [-0.05, 0) is 55.7 Å². The van der Waals surface area contributed by atoms with Gasteiger partial charge in [0.2, 0.25) is 5.13 Å². The van der Waals surface area contributed by atoms with Crippen molar-refractivity contribution in [1.82, 2.24) is 15.5 Å². The van der Waals surface area contributed by atoms with Crippen LogP contribution >= 0.6 is 11.3 Å². The molecule has 1 heterocycles. The van der Waals surface area contributed by atoms with Crippen LogP contribution in [0.5, 0.6) is 5.75 Å². The molecule has 2 aromatic carbocycles. The second kappa shape index (κ2) is 11.5. The van der Waals surface area contributed by atoms with E-state index in [1.165, 1.54) is 23.5 Å². The van der Waals surface area contributed by atoms with Crippen LogP contribution < -0.4 is 14.8 Å². The van der Waals surface area contributed by atoms with E-state index in [1.807, 2.05) is 13.8 Å². The summed E-state index contributed by atoms with van der Waals surface area (Å²) in [4.78, 5) is 13.1. The Hall–Kier alpha value is -3.19. The maximum Gasteiger partial charge on any atom is 0.416 e. The lowest BCUT2D eigenvalue weighted by atomic mass is 9.94. The molecule has 13 heteroatoms. The van der Waals surface area contributed by atoms with Crippen molar-refractivity contribution in [1.29, 1.82) is 0 Å². The Labute approximate surface area is 229 Å². The first-order valence-corrected chi connectivity index (χ1v) is 14.8. The Kier molecular flexibility index (Phi) is 8.50. The highest BCUT2D eigenvalue weighted by Crippen LogP contribution is 2.37. The number of rotatable bonds is 9. The smallest absolute Gasteiger partial charge is 0.416 e. The lowest BCUT2D eigenvalue weighted by molar-refractivity contribution is -0.137. The van der Waals surface area contributed by atoms with Gasteiger partial charge in [-0.15, -0.1) is 10.2 Å². The molecule has 2 atom stereocenters. The van der Waals surface area contributed by atoms with Crippen LogP contribution in [0.1, 0.15) is 78.4 Å². The minimum absolute atomic E-state index is 0.0281. The van der Waals surface area contributed by atoms with Crippen molar-refractivity contribution in [3.8, 4) is 5.75 Å². The van der Waals surface area contributed by atoms with Crippen molar-refractivity contribution in [2.24, 2.45) is 0 Å². The highest BCUT2D eigenvalue weighted by atomic mass is 32.2. The number of benzene rings is 2. The van der Waals surface area contributed by atoms with E-state index < -0.39 is 27.7 Å². The first-order chi connectivity index (χ1) is 18.4. The molecule has 0 spiro atoms. The number of aromatic nitrogens is 2. The van der Waals surface area contributed by atoms with Crippen molar-refractivity contribution in [2.75, 3.05) is 11.3 Å². The standard InChI is InChI=1S/C26H29F3N4O4S2/c1-4-37-22-14-17(26(27,28)29)10-13-20(22)23(34)30-21-7-5-6-19(21)16-8-11-18(12-9-16)39(35,36)33-25-32-31-24(38-25)15(2)3/h8-15,19,21H,4-7H2,1-3H3,(H,30,34)(H,32,33)/t19-,21+/m0/s1. The Morgan fingerprint density at radius 1 is 1.13 bits per heavy atom. The van der Waals surface area contributed by atoms with Crippen LogP contribution in [0.3, 0.4) is 0 Å². The fourth-order valence-electron chi connectivity index (χ4n) is 4.52. The summed E-state index contributed by atoms with van der Waals surface area (Å²) in [6, 6.07) is 8.99. The highest BCUT2D eigenvalue weighted by molar-refractivity contribution is 7.93. The molecule has 1 aliphatic rings. The van der Waals surface area contributed by atoms with Gasteiger partial charge < -0.3 is 10.1 Å². The average Bonchev–Trinajstić information content (AvgIpc) is 3.53. The molecule has 8 nitrogen and oxygen atoms in total. The van der Waals surface area contributed by atoms with Crippen molar-refractivity contribution in [2.45, 2.75) is 69.0 Å². The van der Waals surface area contributed by atoms with Crippen molar-refractivity contribution in [3.63, 3.8) is 0 Å². The number of hydrogen-bond donors (Lipinski definition) is 2. The number of hydrogen-bond acceptors (Lipinski definition) is 7. The minimum atomic E-state index is -4.55. The molecule has 0 unspecified atom stereocenters. The SMILES string of the molecule is CCOc1cc(C(F)(F)F)ccc1C(=O)N[C@@H]1CCC[C@H]1c1ccc(S(=O)(=O)Nc2nnc(C(C)C)s2)cc1. The lowest BCUT2D eigenvalue weighted by Gasteiger charge is -2.22. The Morgan fingerprint density at radius 2 is 1.85 bits per heavy atom. The third kappa shape index (κ3) is 6.70. The molecule has 1 fully saturated rings. The van der Waals surface area contributed by atoms with Gasteiger partial charge >= 0.3 is 6.18 Å². The topological polar surface area (TPSA) is 110 Å². The number of amides is 1. The molecular weight excluding hydrogens is 553 g/mol. The fraction of sp³-hybridized carbons (Fsp3) is 0.423. The fourth-order valence-corrected chi connectivity index (χ4v) is 6.49. The molecule has 210 valence electrons. The van der Waals surface area contributed by atoms with Gasteiger partial charge in [-0.2, -0.15) is 13.2 Å². The van der Waals surface area contributed by atoms with E-state index in [1.54, 1.807) is 19.1 Å². The maximum atomic E-state index is 13.1. The van der Waals surface area contributed by atoms with E-state index in [-0.39, 0.29) is 45.8 Å². The van der Waals surface area contributed by atoms with E-state index in [0.29, 0.717) is 6.42 Å². The van der Waals surface area contributed by atoms with Gasteiger partial charge in [-0.25, -0.2) is 8.42 Å². The van der Waals surface area contributed by atoms with Crippen LogP contribution in [0.2, 0.25) is 0 Å². The second-order valence-corrected chi connectivity index (χ2v) is 12.2. The summed E-state index contributed by atoms with van der Waals surface area (Å²) in [5, 5.41) is 11.8. The molecule has 0 radical (unpaired) electrons. The number of sulfonamides is 1.